The van der Waals surface area contributed by atoms with Crippen molar-refractivity contribution in [2.24, 2.45) is 5.11 Å². The van der Waals surface area contributed by atoms with Crippen LogP contribution in [0.5, 0.6) is 11.5 Å². The van der Waals surface area contributed by atoms with Crippen LogP contribution < -0.4 is 4.74 Å². The zero-order valence-electron chi connectivity index (χ0n) is 7.34. The predicted molar refractivity (Wildman–Crippen MR) is 48.1 cm³/mol. The van der Waals surface area contributed by atoms with Gasteiger partial charge >= 0.3 is 0 Å². The van der Waals surface area contributed by atoms with Gasteiger partial charge in [-0.05, 0) is 22.8 Å². The Morgan fingerprint density at radius 3 is 2.93 bits per heavy atom. The number of ether oxygens (including phenoxy) is 1. The molecule has 1 rings (SSSR count). The quantitative estimate of drug-likeness (QED) is 0.441. The third-order valence-electron chi connectivity index (χ3n) is 1.58. The van der Waals surface area contributed by atoms with Gasteiger partial charge in [-0.15, -0.1) is 0 Å². The van der Waals surface area contributed by atoms with Crippen molar-refractivity contribution in [2.75, 3.05) is 7.11 Å². The van der Waals surface area contributed by atoms with E-state index in [1.54, 1.807) is 0 Å². The summed E-state index contributed by atoms with van der Waals surface area (Å²) in [4.78, 5) is 13.4. The first-order valence-electron chi connectivity index (χ1n) is 3.66. The highest BCUT2D eigenvalue weighted by Gasteiger charge is 2.12. The van der Waals surface area contributed by atoms with Crippen LogP contribution in [0.25, 0.3) is 10.4 Å². The molecule has 1 aromatic carbocycles. The maximum Gasteiger partial charge on any atom is 0.253 e. The van der Waals surface area contributed by atoms with Gasteiger partial charge in [0, 0.05) is 4.91 Å². The van der Waals surface area contributed by atoms with E-state index in [0.717, 1.165) is 0 Å². The summed E-state index contributed by atoms with van der Waals surface area (Å²) in [6, 6.07) is 4.34. The van der Waals surface area contributed by atoms with Crippen molar-refractivity contribution in [1.82, 2.24) is 0 Å². The molecule has 0 bridgehead atoms. The zero-order valence-corrected chi connectivity index (χ0v) is 7.34. The zero-order chi connectivity index (χ0) is 10.6. The van der Waals surface area contributed by atoms with Crippen LogP contribution in [0.4, 0.5) is 0 Å². The normalized spacial score (nSPS) is 8.93. The number of methoxy groups -OCH3 is 1. The highest BCUT2D eigenvalue weighted by Crippen LogP contribution is 2.29. The molecule has 6 nitrogen and oxygen atoms in total. The van der Waals surface area contributed by atoms with Crippen LogP contribution in [0.15, 0.2) is 23.3 Å². The molecule has 1 N–H and O–H groups in total. The number of carbonyl (C=O) groups excluding carboxylic acids is 1. The fraction of sp³-hybridized carbons (Fsp3) is 0.125. The van der Waals surface area contributed by atoms with Crippen LogP contribution >= 0.6 is 0 Å². The summed E-state index contributed by atoms with van der Waals surface area (Å²) in [5.41, 5.74) is 7.96. The van der Waals surface area contributed by atoms with Gasteiger partial charge in [0.2, 0.25) is 0 Å². The average molecular weight is 193 g/mol. The van der Waals surface area contributed by atoms with Gasteiger partial charge < -0.3 is 9.84 Å². The summed E-state index contributed by atoms with van der Waals surface area (Å²) in [6.45, 7) is 0. The molecule has 0 spiro atoms. The minimum Gasteiger partial charge on any atom is -0.504 e. The lowest BCUT2D eigenvalue weighted by atomic mass is 10.2. The number of phenols is 1. The number of hydrogen-bond acceptors (Lipinski definition) is 3. The van der Waals surface area contributed by atoms with Gasteiger partial charge in [0.05, 0.1) is 12.7 Å². The van der Waals surface area contributed by atoms with Crippen LogP contribution in [-0.4, -0.2) is 18.1 Å². The van der Waals surface area contributed by atoms with Crippen molar-refractivity contribution in [3.63, 3.8) is 0 Å². The van der Waals surface area contributed by atoms with Crippen molar-refractivity contribution < 1.29 is 14.6 Å². The molecule has 0 aliphatic rings. The third-order valence-corrected chi connectivity index (χ3v) is 1.58. The molecule has 0 saturated heterocycles. The van der Waals surface area contributed by atoms with Crippen molar-refractivity contribution >= 4 is 5.91 Å². The Kier molecular flexibility index (Phi) is 2.93. The molecule has 0 heterocycles. The lowest BCUT2D eigenvalue weighted by Gasteiger charge is -2.04. The standard InChI is InChI=1S/C8H7N3O3/c1-14-6-4-2-3-5(7(6)12)8(13)10-11-9/h2-4,12H,1H3. The van der Waals surface area contributed by atoms with Gasteiger partial charge in [-0.1, -0.05) is 6.07 Å². The number of para-hydroxylation sites is 1. The lowest BCUT2D eigenvalue weighted by molar-refractivity contribution is 0.0997. The summed E-state index contributed by atoms with van der Waals surface area (Å²) in [6.07, 6.45) is 0. The van der Waals surface area contributed by atoms with Gasteiger partial charge in [0.15, 0.2) is 11.5 Å². The van der Waals surface area contributed by atoms with Crippen LogP contribution in [-0.2, 0) is 0 Å². The molecule has 72 valence electrons. The Bertz CT molecular complexity index is 410. The Morgan fingerprint density at radius 1 is 1.64 bits per heavy atom. The maximum atomic E-state index is 11.1. The van der Waals surface area contributed by atoms with Crippen molar-refractivity contribution in [3.8, 4) is 11.5 Å². The smallest absolute Gasteiger partial charge is 0.253 e. The molecular formula is C8H7N3O3. The first-order valence-corrected chi connectivity index (χ1v) is 3.66. The molecule has 0 saturated carbocycles. The molecule has 14 heavy (non-hydrogen) atoms. The van der Waals surface area contributed by atoms with Crippen molar-refractivity contribution in [3.05, 3.63) is 34.2 Å². The SMILES string of the molecule is COc1cccc(C(=O)N=[N+]=[N-])c1O. The van der Waals surface area contributed by atoms with E-state index in [1.807, 2.05) is 0 Å². The van der Waals surface area contributed by atoms with Crippen LogP contribution in [0.2, 0.25) is 0 Å². The number of carbonyl (C=O) groups is 1. The number of benzene rings is 1. The summed E-state index contributed by atoms with van der Waals surface area (Å²) in [7, 11) is 1.36. The Labute approximate surface area is 79.4 Å². The van der Waals surface area contributed by atoms with E-state index in [0.29, 0.717) is 0 Å². The highest BCUT2D eigenvalue weighted by molar-refractivity contribution is 5.98. The van der Waals surface area contributed by atoms with E-state index in [1.165, 1.54) is 25.3 Å². The van der Waals surface area contributed by atoms with Gasteiger partial charge in [-0.25, -0.2) is 0 Å². The number of aromatic hydroxyl groups is 1. The van der Waals surface area contributed by atoms with Crippen LogP contribution in [0.3, 0.4) is 0 Å². The van der Waals surface area contributed by atoms with E-state index in [2.05, 4.69) is 10.0 Å². The van der Waals surface area contributed by atoms with Crippen LogP contribution in [0, 0.1) is 0 Å². The number of hydrogen-bond donors (Lipinski definition) is 1. The molecule has 1 aromatic rings. The largest absolute Gasteiger partial charge is 0.504 e. The minimum atomic E-state index is -0.844. The van der Waals surface area contributed by atoms with Crippen LogP contribution in [0.1, 0.15) is 10.4 Å². The molecule has 6 heteroatoms. The van der Waals surface area contributed by atoms with Crippen molar-refractivity contribution in [2.45, 2.75) is 0 Å². The van der Waals surface area contributed by atoms with E-state index >= 15 is 0 Å². The number of azide groups is 1. The molecule has 1 amide bonds. The minimum absolute atomic E-state index is 0.0813. The van der Waals surface area contributed by atoms with E-state index in [9.17, 15) is 9.90 Å². The molecule has 0 unspecified atom stereocenters. The Balaban J connectivity index is 3.22. The topological polar surface area (TPSA) is 95.3 Å². The summed E-state index contributed by atoms with van der Waals surface area (Å²) in [5.74, 6) is -1.01. The fourth-order valence-corrected chi connectivity index (χ4v) is 0.954. The number of phenolic OH excluding ortho intramolecular Hbond substituents is 1. The molecule has 0 atom stereocenters. The fourth-order valence-electron chi connectivity index (χ4n) is 0.954. The second kappa shape index (κ2) is 4.15. The second-order valence-electron chi connectivity index (χ2n) is 2.35. The first kappa shape index (κ1) is 9.88. The van der Waals surface area contributed by atoms with Gasteiger partial charge in [-0.2, -0.15) is 0 Å². The van der Waals surface area contributed by atoms with Gasteiger partial charge in [0.1, 0.15) is 0 Å². The maximum absolute atomic E-state index is 11.1. The van der Waals surface area contributed by atoms with E-state index in [-0.39, 0.29) is 17.1 Å². The summed E-state index contributed by atoms with van der Waals surface area (Å²) >= 11 is 0. The Morgan fingerprint density at radius 2 is 2.36 bits per heavy atom. The lowest BCUT2D eigenvalue weighted by Crippen LogP contribution is -1.95. The molecule has 0 aromatic heterocycles. The molecule has 0 aliphatic heterocycles. The van der Waals surface area contributed by atoms with Crippen molar-refractivity contribution in [1.29, 1.82) is 0 Å². The number of rotatable bonds is 2. The number of nitrogens with zero attached hydrogens (tertiary/aromatic N) is 3. The second-order valence-corrected chi connectivity index (χ2v) is 2.35. The van der Waals surface area contributed by atoms with E-state index in [4.69, 9.17) is 10.3 Å². The predicted octanol–water partition coefficient (Wildman–Crippen LogP) is 1.85. The van der Waals surface area contributed by atoms with E-state index < -0.39 is 5.91 Å². The molecule has 0 radical (unpaired) electrons. The molecule has 0 fully saturated rings. The number of amides is 1. The first-order chi connectivity index (χ1) is 6.70. The summed E-state index contributed by atoms with van der Waals surface area (Å²) < 4.78 is 4.78. The van der Waals surface area contributed by atoms with Gasteiger partial charge in [-0.3, -0.25) is 4.79 Å². The summed E-state index contributed by atoms with van der Waals surface area (Å²) in [5, 5.41) is 12.3. The highest BCUT2D eigenvalue weighted by atomic mass is 16.5. The van der Waals surface area contributed by atoms with Gasteiger partial charge in [0.25, 0.3) is 5.91 Å². The molecular weight excluding hydrogens is 186 g/mol. The Hall–Kier alpha value is -2.20. The molecule has 0 aliphatic carbocycles. The third kappa shape index (κ3) is 1.75. The average Bonchev–Trinajstić information content (AvgIpc) is 2.18. The monoisotopic (exact) mass is 193 g/mol.